The van der Waals surface area contributed by atoms with Crippen LogP contribution in [0.25, 0.3) is 0 Å². The number of rotatable bonds is 3. The summed E-state index contributed by atoms with van der Waals surface area (Å²) in [6.45, 7) is 1.99. The van der Waals surface area contributed by atoms with Crippen molar-refractivity contribution in [1.29, 1.82) is 0 Å². The maximum Gasteiger partial charge on any atom is 0.255 e. The average Bonchev–Trinajstić information content (AvgIpc) is 2.47. The number of hydrogen-bond donors (Lipinski definition) is 2. The second-order valence-corrected chi connectivity index (χ2v) is 4.85. The van der Waals surface area contributed by atoms with Crippen molar-refractivity contribution in [2.24, 2.45) is 0 Å². The van der Waals surface area contributed by atoms with Crippen LogP contribution in [-0.2, 0) is 0 Å². The van der Waals surface area contributed by atoms with Crippen molar-refractivity contribution in [3.8, 4) is 0 Å². The minimum atomic E-state index is -0.142. The van der Waals surface area contributed by atoms with Crippen LogP contribution in [0.15, 0.2) is 48.5 Å². The Kier molecular flexibility index (Phi) is 4.48. The first-order valence-electron chi connectivity index (χ1n) is 6.31. The van der Waals surface area contributed by atoms with Gasteiger partial charge in [0.25, 0.3) is 5.91 Å². The maximum absolute atomic E-state index is 12.2. The highest BCUT2D eigenvalue weighted by atomic mass is 32.1. The van der Waals surface area contributed by atoms with E-state index in [0.717, 1.165) is 11.1 Å². The third-order valence-electron chi connectivity index (χ3n) is 2.96. The van der Waals surface area contributed by atoms with Gasteiger partial charge in [-0.1, -0.05) is 42.0 Å². The van der Waals surface area contributed by atoms with E-state index in [1.54, 1.807) is 7.05 Å². The zero-order valence-electron chi connectivity index (χ0n) is 11.4. The topological polar surface area (TPSA) is 41.1 Å². The number of anilines is 1. The van der Waals surface area contributed by atoms with Crippen LogP contribution in [0.4, 0.5) is 5.69 Å². The van der Waals surface area contributed by atoms with Gasteiger partial charge in [-0.2, -0.15) is 0 Å². The molecule has 20 heavy (non-hydrogen) atoms. The van der Waals surface area contributed by atoms with Gasteiger partial charge >= 0.3 is 0 Å². The van der Waals surface area contributed by atoms with Crippen LogP contribution in [0.1, 0.15) is 21.5 Å². The van der Waals surface area contributed by atoms with Crippen molar-refractivity contribution in [2.75, 3.05) is 12.4 Å². The largest absolute Gasteiger partial charge is 0.379 e. The number of carbonyl (C=O) groups is 1. The highest BCUT2D eigenvalue weighted by molar-refractivity contribution is 7.80. The Labute approximate surface area is 124 Å². The predicted molar refractivity (Wildman–Crippen MR) is 86.3 cm³/mol. The van der Waals surface area contributed by atoms with Crippen molar-refractivity contribution in [3.05, 3.63) is 65.2 Å². The maximum atomic E-state index is 12.2. The summed E-state index contributed by atoms with van der Waals surface area (Å²) in [4.78, 5) is 12.8. The Morgan fingerprint density at radius 1 is 1.05 bits per heavy atom. The van der Waals surface area contributed by atoms with Gasteiger partial charge in [-0.15, -0.1) is 0 Å². The molecule has 0 radical (unpaired) electrons. The Morgan fingerprint density at radius 3 is 2.35 bits per heavy atom. The van der Waals surface area contributed by atoms with Gasteiger partial charge in [0, 0.05) is 18.2 Å². The first-order chi connectivity index (χ1) is 9.61. The summed E-state index contributed by atoms with van der Waals surface area (Å²) in [7, 11) is 1.76. The molecule has 2 aromatic carbocycles. The standard InChI is InChI=1S/C16H16N2OS/c1-11-7-9-12(10-8-11)15(19)18-14-6-4-3-5-13(14)16(20)17-2/h3-10H,1-2H3,(H,17,20)(H,18,19). The lowest BCUT2D eigenvalue weighted by Crippen LogP contribution is -2.20. The molecular formula is C16H16N2OS. The molecule has 0 saturated carbocycles. The normalized spacial score (nSPS) is 9.90. The zero-order valence-corrected chi connectivity index (χ0v) is 12.3. The first-order valence-corrected chi connectivity index (χ1v) is 6.72. The fourth-order valence-corrected chi connectivity index (χ4v) is 2.00. The van der Waals surface area contributed by atoms with E-state index < -0.39 is 0 Å². The lowest BCUT2D eigenvalue weighted by Gasteiger charge is -2.11. The van der Waals surface area contributed by atoms with Gasteiger partial charge in [0.2, 0.25) is 0 Å². The first kappa shape index (κ1) is 14.2. The molecule has 0 aliphatic heterocycles. The third-order valence-corrected chi connectivity index (χ3v) is 3.38. The fraction of sp³-hybridized carbons (Fsp3) is 0.125. The molecule has 1 amide bonds. The van der Waals surface area contributed by atoms with Crippen LogP contribution in [0.5, 0.6) is 0 Å². The van der Waals surface area contributed by atoms with Gasteiger partial charge in [-0.05, 0) is 31.2 Å². The molecule has 2 aromatic rings. The van der Waals surface area contributed by atoms with Gasteiger partial charge in [0.05, 0.1) is 5.69 Å². The molecule has 0 saturated heterocycles. The summed E-state index contributed by atoms with van der Waals surface area (Å²) in [5.74, 6) is -0.142. The molecular weight excluding hydrogens is 268 g/mol. The molecule has 2 N–H and O–H groups in total. The summed E-state index contributed by atoms with van der Waals surface area (Å²) in [5, 5.41) is 5.82. The Hall–Kier alpha value is -2.20. The van der Waals surface area contributed by atoms with Crippen LogP contribution in [0.3, 0.4) is 0 Å². The van der Waals surface area contributed by atoms with E-state index in [0.29, 0.717) is 16.2 Å². The van der Waals surface area contributed by atoms with Crippen LogP contribution in [0.2, 0.25) is 0 Å². The zero-order chi connectivity index (χ0) is 14.5. The van der Waals surface area contributed by atoms with Gasteiger partial charge in [0.1, 0.15) is 4.99 Å². The van der Waals surface area contributed by atoms with E-state index in [4.69, 9.17) is 12.2 Å². The van der Waals surface area contributed by atoms with Crippen molar-refractivity contribution in [3.63, 3.8) is 0 Å². The van der Waals surface area contributed by atoms with E-state index in [9.17, 15) is 4.79 Å². The van der Waals surface area contributed by atoms with E-state index >= 15 is 0 Å². The number of aryl methyl sites for hydroxylation is 1. The van der Waals surface area contributed by atoms with Gasteiger partial charge < -0.3 is 10.6 Å². The number of para-hydroxylation sites is 1. The number of amides is 1. The van der Waals surface area contributed by atoms with Crippen molar-refractivity contribution in [2.45, 2.75) is 6.92 Å². The average molecular weight is 284 g/mol. The number of carbonyl (C=O) groups excluding carboxylic acids is 1. The van der Waals surface area contributed by atoms with Gasteiger partial charge in [0.15, 0.2) is 0 Å². The molecule has 0 unspecified atom stereocenters. The number of thiocarbonyl (C=S) groups is 1. The Bertz CT molecular complexity index is 635. The van der Waals surface area contributed by atoms with Crippen molar-refractivity contribution >= 4 is 28.8 Å². The molecule has 0 atom stereocenters. The van der Waals surface area contributed by atoms with Crippen molar-refractivity contribution in [1.82, 2.24) is 5.32 Å². The van der Waals surface area contributed by atoms with Crippen LogP contribution in [-0.4, -0.2) is 17.9 Å². The quantitative estimate of drug-likeness (QED) is 0.851. The SMILES string of the molecule is CNC(=S)c1ccccc1NC(=O)c1ccc(C)cc1. The highest BCUT2D eigenvalue weighted by Gasteiger charge is 2.10. The van der Waals surface area contributed by atoms with Gasteiger partial charge in [-0.25, -0.2) is 0 Å². The predicted octanol–water partition coefficient (Wildman–Crippen LogP) is 3.14. The van der Waals surface area contributed by atoms with E-state index in [1.807, 2.05) is 55.5 Å². The van der Waals surface area contributed by atoms with E-state index in [-0.39, 0.29) is 5.91 Å². The van der Waals surface area contributed by atoms with Crippen LogP contribution >= 0.6 is 12.2 Å². The van der Waals surface area contributed by atoms with Gasteiger partial charge in [-0.3, -0.25) is 4.79 Å². The second kappa shape index (κ2) is 6.30. The molecule has 4 heteroatoms. The summed E-state index contributed by atoms with van der Waals surface area (Å²) in [5.41, 5.74) is 3.27. The molecule has 0 aromatic heterocycles. The third kappa shape index (κ3) is 3.22. The highest BCUT2D eigenvalue weighted by Crippen LogP contribution is 2.17. The smallest absolute Gasteiger partial charge is 0.255 e. The summed E-state index contributed by atoms with van der Waals surface area (Å²) < 4.78 is 0. The summed E-state index contributed by atoms with van der Waals surface area (Å²) in [6.07, 6.45) is 0. The molecule has 0 aliphatic rings. The molecule has 3 nitrogen and oxygen atoms in total. The van der Waals surface area contributed by atoms with E-state index in [1.165, 1.54) is 0 Å². The van der Waals surface area contributed by atoms with E-state index in [2.05, 4.69) is 10.6 Å². The second-order valence-electron chi connectivity index (χ2n) is 4.44. The molecule has 2 rings (SSSR count). The molecule has 102 valence electrons. The fourth-order valence-electron chi connectivity index (χ4n) is 1.82. The lowest BCUT2D eigenvalue weighted by molar-refractivity contribution is 0.102. The minimum absolute atomic E-state index is 0.142. The Morgan fingerprint density at radius 2 is 1.70 bits per heavy atom. The molecule has 0 heterocycles. The van der Waals surface area contributed by atoms with Crippen LogP contribution in [0, 0.1) is 6.92 Å². The number of nitrogens with one attached hydrogen (secondary N) is 2. The molecule has 0 bridgehead atoms. The molecule has 0 fully saturated rings. The minimum Gasteiger partial charge on any atom is -0.379 e. The monoisotopic (exact) mass is 284 g/mol. The Balaban J connectivity index is 2.24. The number of benzene rings is 2. The summed E-state index contributed by atoms with van der Waals surface area (Å²) in [6, 6.07) is 14.9. The lowest BCUT2D eigenvalue weighted by atomic mass is 10.1. The molecule has 0 spiro atoms. The number of hydrogen-bond acceptors (Lipinski definition) is 2. The van der Waals surface area contributed by atoms with Crippen LogP contribution < -0.4 is 10.6 Å². The molecule has 0 aliphatic carbocycles. The summed E-state index contributed by atoms with van der Waals surface area (Å²) >= 11 is 5.23. The van der Waals surface area contributed by atoms with Crippen molar-refractivity contribution < 1.29 is 4.79 Å².